The van der Waals surface area contributed by atoms with Crippen molar-refractivity contribution in [1.82, 2.24) is 0 Å². The molecule has 6 atom stereocenters. The van der Waals surface area contributed by atoms with E-state index < -0.39 is 55.4 Å². The number of aliphatic hydroxyl groups excluding tert-OH is 4. The molecule has 1 fully saturated rings. The summed E-state index contributed by atoms with van der Waals surface area (Å²) in [6, 6.07) is 0. The molecule has 0 bridgehead atoms. The maximum absolute atomic E-state index is 12.6. The Morgan fingerprint density at radius 2 is 1.21 bits per heavy atom. The van der Waals surface area contributed by atoms with Crippen LogP contribution in [0.4, 0.5) is 0 Å². The van der Waals surface area contributed by atoms with Gasteiger partial charge in [0.25, 0.3) is 0 Å². The summed E-state index contributed by atoms with van der Waals surface area (Å²) in [5.74, 6) is -0.829. The molecule has 10 nitrogen and oxygen atoms in total. The molecule has 47 heavy (non-hydrogen) atoms. The van der Waals surface area contributed by atoms with E-state index in [0.717, 1.165) is 64.2 Å². The van der Waals surface area contributed by atoms with Gasteiger partial charge in [0.15, 0.2) is 12.4 Å². The van der Waals surface area contributed by atoms with Crippen molar-refractivity contribution in [2.45, 2.75) is 179 Å². The lowest BCUT2D eigenvalue weighted by molar-refractivity contribution is -0.305. The summed E-state index contributed by atoms with van der Waals surface area (Å²) in [6.07, 6.45) is 20.6. The van der Waals surface area contributed by atoms with Crippen LogP contribution in [-0.4, -0.2) is 89.0 Å². The zero-order chi connectivity index (χ0) is 34.5. The van der Waals surface area contributed by atoms with E-state index in [0.29, 0.717) is 12.8 Å². The highest BCUT2D eigenvalue weighted by Crippen LogP contribution is 2.22. The molecule has 0 amide bonds. The summed E-state index contributed by atoms with van der Waals surface area (Å²) in [7, 11) is 0. The van der Waals surface area contributed by atoms with Gasteiger partial charge in [-0.2, -0.15) is 0 Å². The summed E-state index contributed by atoms with van der Waals surface area (Å²) in [5.41, 5.74) is 0. The number of carbonyl (C=O) groups is 2. The highest BCUT2D eigenvalue weighted by Gasteiger charge is 2.44. The van der Waals surface area contributed by atoms with Gasteiger partial charge in [0.2, 0.25) is 0 Å². The minimum Gasteiger partial charge on any atom is -0.462 e. The second-order valence-electron chi connectivity index (χ2n) is 12.7. The van der Waals surface area contributed by atoms with Gasteiger partial charge >= 0.3 is 11.9 Å². The molecule has 0 aliphatic carbocycles. The molecule has 0 aromatic heterocycles. The first-order chi connectivity index (χ1) is 22.8. The summed E-state index contributed by atoms with van der Waals surface area (Å²) < 4.78 is 22.0. The molecule has 0 spiro atoms. The number of allylic oxidation sites excluding steroid dienone is 4. The van der Waals surface area contributed by atoms with Gasteiger partial charge in [-0.25, -0.2) is 0 Å². The molecular weight excluding hydrogens is 604 g/mol. The first kappa shape index (κ1) is 43.2. The van der Waals surface area contributed by atoms with Crippen molar-refractivity contribution >= 4 is 11.9 Å². The lowest BCUT2D eigenvalue weighted by Crippen LogP contribution is -2.59. The fourth-order valence-corrected chi connectivity index (χ4v) is 5.32. The largest absolute Gasteiger partial charge is 0.462 e. The third-order valence-electron chi connectivity index (χ3n) is 8.34. The van der Waals surface area contributed by atoms with Crippen LogP contribution in [0, 0.1) is 0 Å². The van der Waals surface area contributed by atoms with E-state index in [-0.39, 0.29) is 26.1 Å². The molecule has 0 radical (unpaired) electrons. The Balaban J connectivity index is 2.41. The van der Waals surface area contributed by atoms with Crippen LogP contribution in [0.2, 0.25) is 0 Å². The Morgan fingerprint density at radius 1 is 0.660 bits per heavy atom. The first-order valence-electron chi connectivity index (χ1n) is 18.4. The lowest BCUT2D eigenvalue weighted by atomic mass is 9.99. The number of esters is 2. The molecular formula is C37H66O10. The standard InChI is InChI=1S/C37H66O10/c1-3-5-7-9-11-13-14-15-16-17-18-20-21-23-25-32(39)44-28-30(46-33(40)26-24-22-19-12-10-8-6-4-2)29-45-37-36(43)35(42)34(41)31(27-38)47-37/h9,11,14-15,30-31,34-38,41-43H,3-8,10,12-13,16-29H2,1-2H3/b11-9+,15-14+/t30-,31-,34+,35?,36?,37-/m0/s1. The zero-order valence-corrected chi connectivity index (χ0v) is 29.3. The normalized spacial score (nSPS) is 22.2. The van der Waals surface area contributed by atoms with E-state index >= 15 is 0 Å². The van der Waals surface area contributed by atoms with Crippen LogP contribution >= 0.6 is 0 Å². The quantitative estimate of drug-likeness (QED) is 0.0411. The number of hydrogen-bond acceptors (Lipinski definition) is 10. The summed E-state index contributed by atoms with van der Waals surface area (Å²) in [5, 5.41) is 39.8. The van der Waals surface area contributed by atoms with Crippen LogP contribution in [0.25, 0.3) is 0 Å². The van der Waals surface area contributed by atoms with Crippen molar-refractivity contribution in [3.05, 3.63) is 24.3 Å². The molecule has 4 N–H and O–H groups in total. The molecule has 0 saturated carbocycles. The highest BCUT2D eigenvalue weighted by atomic mass is 16.7. The Kier molecular flexibility index (Phi) is 26.8. The molecule has 1 aliphatic rings. The van der Waals surface area contributed by atoms with Crippen LogP contribution in [-0.2, 0) is 28.5 Å². The minimum absolute atomic E-state index is 0.223. The van der Waals surface area contributed by atoms with Crippen molar-refractivity contribution in [2.24, 2.45) is 0 Å². The van der Waals surface area contributed by atoms with Crippen LogP contribution in [0.5, 0.6) is 0 Å². The van der Waals surface area contributed by atoms with Gasteiger partial charge in [0.05, 0.1) is 13.2 Å². The fourth-order valence-electron chi connectivity index (χ4n) is 5.32. The molecule has 1 aliphatic heterocycles. The zero-order valence-electron chi connectivity index (χ0n) is 29.3. The Bertz CT molecular complexity index is 830. The number of aliphatic hydroxyl groups is 4. The Morgan fingerprint density at radius 3 is 1.83 bits per heavy atom. The Labute approximate surface area is 283 Å². The molecule has 1 saturated heterocycles. The van der Waals surface area contributed by atoms with Gasteiger partial charge in [-0.15, -0.1) is 0 Å². The predicted octanol–water partition coefficient (Wildman–Crippen LogP) is 6.21. The smallest absolute Gasteiger partial charge is 0.306 e. The summed E-state index contributed by atoms with van der Waals surface area (Å²) >= 11 is 0. The molecule has 10 heteroatoms. The molecule has 0 aromatic carbocycles. The number of unbranched alkanes of at least 4 members (excludes halogenated alkanes) is 14. The number of rotatable bonds is 29. The van der Waals surface area contributed by atoms with Crippen molar-refractivity contribution < 1.29 is 49.0 Å². The molecule has 1 heterocycles. The predicted molar refractivity (Wildman–Crippen MR) is 183 cm³/mol. The number of hydrogen-bond donors (Lipinski definition) is 4. The van der Waals surface area contributed by atoms with E-state index in [9.17, 15) is 30.0 Å². The van der Waals surface area contributed by atoms with Crippen LogP contribution in [0.1, 0.15) is 142 Å². The third kappa shape index (κ3) is 21.7. The number of carbonyl (C=O) groups excluding carboxylic acids is 2. The van der Waals surface area contributed by atoms with Crippen molar-refractivity contribution in [1.29, 1.82) is 0 Å². The minimum atomic E-state index is -1.59. The average molecular weight is 671 g/mol. The van der Waals surface area contributed by atoms with Gasteiger partial charge in [-0.1, -0.05) is 115 Å². The number of ether oxygens (including phenoxy) is 4. The van der Waals surface area contributed by atoms with Gasteiger partial charge in [0, 0.05) is 12.8 Å². The molecule has 274 valence electrons. The summed E-state index contributed by atoms with van der Waals surface area (Å²) in [6.45, 7) is 3.30. The monoisotopic (exact) mass is 670 g/mol. The van der Waals surface area contributed by atoms with Crippen LogP contribution in [0.3, 0.4) is 0 Å². The van der Waals surface area contributed by atoms with Gasteiger partial charge < -0.3 is 39.4 Å². The van der Waals surface area contributed by atoms with Crippen molar-refractivity contribution in [3.8, 4) is 0 Å². The summed E-state index contributed by atoms with van der Waals surface area (Å²) in [4.78, 5) is 25.0. The van der Waals surface area contributed by atoms with E-state index in [4.69, 9.17) is 18.9 Å². The topological polar surface area (TPSA) is 152 Å². The maximum Gasteiger partial charge on any atom is 0.306 e. The second kappa shape index (κ2) is 29.1. The fraction of sp³-hybridized carbons (Fsp3) is 0.838. The van der Waals surface area contributed by atoms with Gasteiger partial charge in [-0.05, 0) is 38.5 Å². The van der Waals surface area contributed by atoms with Crippen LogP contribution < -0.4 is 0 Å². The third-order valence-corrected chi connectivity index (χ3v) is 8.34. The second-order valence-corrected chi connectivity index (χ2v) is 12.7. The highest BCUT2D eigenvalue weighted by molar-refractivity contribution is 5.70. The SMILES string of the molecule is CCCC/C=C/C/C=C/CCCCCCCC(=O)OC[C@@H](CO[C@H]1O[C@@H](CO)[C@@H](O)C(O)C1O)OC(=O)CCCCCCCCCC. The Hall–Kier alpha value is -1.82. The van der Waals surface area contributed by atoms with E-state index in [1.165, 1.54) is 38.5 Å². The lowest BCUT2D eigenvalue weighted by Gasteiger charge is -2.39. The van der Waals surface area contributed by atoms with Crippen molar-refractivity contribution in [2.75, 3.05) is 19.8 Å². The van der Waals surface area contributed by atoms with Crippen LogP contribution in [0.15, 0.2) is 24.3 Å². The first-order valence-corrected chi connectivity index (χ1v) is 18.4. The molecule has 1 rings (SSSR count). The molecule has 0 aromatic rings. The van der Waals surface area contributed by atoms with Crippen molar-refractivity contribution in [3.63, 3.8) is 0 Å². The molecule has 2 unspecified atom stereocenters. The van der Waals surface area contributed by atoms with E-state index in [2.05, 4.69) is 38.2 Å². The average Bonchev–Trinajstić information content (AvgIpc) is 3.07. The van der Waals surface area contributed by atoms with Gasteiger partial charge in [-0.3, -0.25) is 9.59 Å². The van der Waals surface area contributed by atoms with E-state index in [1.54, 1.807) is 0 Å². The maximum atomic E-state index is 12.6. The van der Waals surface area contributed by atoms with Gasteiger partial charge in [0.1, 0.15) is 31.0 Å². The van der Waals surface area contributed by atoms with E-state index in [1.807, 2.05) is 0 Å².